The number of phosphoric acid groups is 1. The number of phosphoric ester groups is 1. The van der Waals surface area contributed by atoms with Crippen molar-refractivity contribution in [2.45, 2.75) is 13.3 Å². The van der Waals surface area contributed by atoms with Gasteiger partial charge in [0, 0.05) is 0 Å². The first-order chi connectivity index (χ1) is 6.02. The minimum atomic E-state index is -4.06. The Morgan fingerprint density at radius 2 is 2.31 bits per heavy atom. The van der Waals surface area contributed by atoms with Gasteiger partial charge >= 0.3 is 7.82 Å². The molecule has 0 heterocycles. The van der Waals surface area contributed by atoms with E-state index in [1.807, 2.05) is 0 Å². The average molecular weight is 211 g/mol. The van der Waals surface area contributed by atoms with Crippen molar-refractivity contribution < 1.29 is 23.7 Å². The Kier molecular flexibility index (Phi) is 6.15. The highest BCUT2D eigenvalue weighted by molar-refractivity contribution is 7.47. The molecule has 0 aromatic rings. The molecule has 7 heteroatoms. The van der Waals surface area contributed by atoms with E-state index in [1.165, 1.54) is 0 Å². The van der Waals surface area contributed by atoms with E-state index in [1.54, 1.807) is 13.0 Å². The van der Waals surface area contributed by atoms with Crippen molar-refractivity contribution in [3.05, 3.63) is 11.6 Å². The number of aliphatic hydroxyl groups excluding tert-OH is 1. The number of rotatable bonds is 6. The van der Waals surface area contributed by atoms with Crippen LogP contribution in [0.2, 0.25) is 0 Å². The van der Waals surface area contributed by atoms with E-state index in [4.69, 9.17) is 10.00 Å². The van der Waals surface area contributed by atoms with Crippen LogP contribution >= 0.6 is 7.82 Å². The summed E-state index contributed by atoms with van der Waals surface area (Å²) in [5, 5.41) is 8.58. The number of nitrogens with two attached hydrogens (primary N) is 1. The molecule has 6 nitrogen and oxygen atoms in total. The van der Waals surface area contributed by atoms with Gasteiger partial charge in [-0.3, -0.25) is 4.52 Å². The van der Waals surface area contributed by atoms with E-state index >= 15 is 0 Å². The van der Waals surface area contributed by atoms with Crippen LogP contribution < -0.4 is 5.90 Å². The lowest BCUT2D eigenvalue weighted by Crippen LogP contribution is -2.01. The molecule has 0 amide bonds. The van der Waals surface area contributed by atoms with Crippen LogP contribution in [-0.4, -0.2) is 23.2 Å². The molecule has 1 atom stereocenters. The molecule has 0 radical (unpaired) electrons. The van der Waals surface area contributed by atoms with Gasteiger partial charge < -0.3 is 10.00 Å². The molecule has 0 aliphatic heterocycles. The van der Waals surface area contributed by atoms with Gasteiger partial charge in [-0.15, -0.1) is 0 Å². The van der Waals surface area contributed by atoms with Crippen LogP contribution in [0.15, 0.2) is 11.6 Å². The van der Waals surface area contributed by atoms with E-state index in [0.29, 0.717) is 6.42 Å². The van der Waals surface area contributed by atoms with Crippen molar-refractivity contribution in [1.29, 1.82) is 0 Å². The Balaban J connectivity index is 3.63. The summed E-state index contributed by atoms with van der Waals surface area (Å²) in [5.41, 5.74) is 0.769. The van der Waals surface area contributed by atoms with Crippen molar-refractivity contribution >= 4 is 7.82 Å². The molecule has 1 unspecified atom stereocenters. The highest BCUT2D eigenvalue weighted by Crippen LogP contribution is 2.40. The molecule has 0 spiro atoms. The molecule has 0 rings (SSSR count). The molecular formula is C6H14NO5P. The topological polar surface area (TPSA) is 102 Å². The largest absolute Gasteiger partial charge is 0.488 e. The summed E-state index contributed by atoms with van der Waals surface area (Å²) >= 11 is 0. The van der Waals surface area contributed by atoms with Gasteiger partial charge in [-0.25, -0.2) is 15.1 Å². The lowest BCUT2D eigenvalue weighted by molar-refractivity contribution is 0.153. The molecule has 0 aromatic heterocycles. The number of hydrogen-bond donors (Lipinski definition) is 3. The Labute approximate surface area is 76.5 Å². The van der Waals surface area contributed by atoms with Crippen LogP contribution in [0, 0.1) is 0 Å². The lowest BCUT2D eigenvalue weighted by Gasteiger charge is -2.06. The summed E-state index contributed by atoms with van der Waals surface area (Å²) in [4.78, 5) is 8.66. The van der Waals surface area contributed by atoms with Gasteiger partial charge in [0.2, 0.25) is 0 Å². The van der Waals surface area contributed by atoms with Gasteiger partial charge in [0.15, 0.2) is 0 Å². The summed E-state index contributed by atoms with van der Waals surface area (Å²) in [5.74, 6) is 4.48. The van der Waals surface area contributed by atoms with Crippen LogP contribution in [0.3, 0.4) is 0 Å². The smallest absolute Gasteiger partial charge is 0.392 e. The van der Waals surface area contributed by atoms with E-state index in [-0.39, 0.29) is 13.2 Å². The molecule has 0 aliphatic carbocycles. The van der Waals surface area contributed by atoms with Crippen LogP contribution in [0.25, 0.3) is 0 Å². The minimum absolute atomic E-state index is 0.0162. The van der Waals surface area contributed by atoms with E-state index in [2.05, 4.69) is 15.0 Å². The van der Waals surface area contributed by atoms with E-state index in [0.717, 1.165) is 5.57 Å². The molecule has 0 bridgehead atoms. The molecule has 78 valence electrons. The quantitative estimate of drug-likeness (QED) is 0.253. The van der Waals surface area contributed by atoms with Crippen LogP contribution in [0.1, 0.15) is 13.3 Å². The van der Waals surface area contributed by atoms with Crippen molar-refractivity contribution in [3.63, 3.8) is 0 Å². The fourth-order valence-electron chi connectivity index (χ4n) is 0.568. The molecule has 0 aromatic carbocycles. The van der Waals surface area contributed by atoms with Gasteiger partial charge in [-0.05, 0) is 13.3 Å². The van der Waals surface area contributed by atoms with Crippen LogP contribution in [0.4, 0.5) is 0 Å². The fourth-order valence-corrected chi connectivity index (χ4v) is 0.965. The third-order valence-corrected chi connectivity index (χ3v) is 2.02. The number of hydrogen-bond acceptors (Lipinski definition) is 5. The van der Waals surface area contributed by atoms with Gasteiger partial charge in [-0.1, -0.05) is 11.6 Å². The monoisotopic (exact) mass is 211 g/mol. The highest BCUT2D eigenvalue weighted by Gasteiger charge is 2.18. The van der Waals surface area contributed by atoms with E-state index in [9.17, 15) is 4.57 Å². The van der Waals surface area contributed by atoms with Crippen LogP contribution in [-0.2, 0) is 13.7 Å². The Morgan fingerprint density at radius 3 is 2.77 bits per heavy atom. The SMILES string of the molecule is CC(=CCCOP(=O)(O)ON)CO. The average Bonchev–Trinajstić information content (AvgIpc) is 2.12. The first-order valence-electron chi connectivity index (χ1n) is 3.64. The maximum absolute atomic E-state index is 10.6. The van der Waals surface area contributed by atoms with Crippen molar-refractivity contribution in [1.82, 2.24) is 0 Å². The van der Waals surface area contributed by atoms with Gasteiger partial charge in [-0.2, -0.15) is 0 Å². The van der Waals surface area contributed by atoms with Crippen molar-refractivity contribution in [3.8, 4) is 0 Å². The Bertz CT molecular complexity index is 217. The molecule has 0 saturated carbocycles. The summed E-state index contributed by atoms with van der Waals surface area (Å²) in [6.45, 7) is 1.71. The second-order valence-electron chi connectivity index (χ2n) is 2.40. The molecule has 13 heavy (non-hydrogen) atoms. The third-order valence-electron chi connectivity index (χ3n) is 1.25. The molecule has 0 fully saturated rings. The second kappa shape index (κ2) is 6.26. The summed E-state index contributed by atoms with van der Waals surface area (Å²) in [6, 6.07) is 0. The van der Waals surface area contributed by atoms with Crippen molar-refractivity contribution in [2.75, 3.05) is 13.2 Å². The predicted molar refractivity (Wildman–Crippen MR) is 46.5 cm³/mol. The Morgan fingerprint density at radius 1 is 1.69 bits per heavy atom. The first-order valence-corrected chi connectivity index (χ1v) is 5.13. The summed E-state index contributed by atoms with van der Waals surface area (Å²) in [7, 11) is -4.06. The molecule has 0 aliphatic rings. The van der Waals surface area contributed by atoms with Gasteiger partial charge in [0.1, 0.15) is 0 Å². The predicted octanol–water partition coefficient (Wildman–Crippen LogP) is 0.322. The fraction of sp³-hybridized carbons (Fsp3) is 0.667. The van der Waals surface area contributed by atoms with Gasteiger partial charge in [0.25, 0.3) is 0 Å². The lowest BCUT2D eigenvalue weighted by atomic mass is 10.2. The normalized spacial score (nSPS) is 17.1. The standard InChI is InChI=1S/C6H14NO5P/c1-6(5-8)3-2-4-11-13(9,10)12-7/h3,8H,2,4-5,7H2,1H3,(H,9,10). The Hall–Kier alpha value is -0.230. The highest BCUT2D eigenvalue weighted by atomic mass is 31.2. The molecule has 0 saturated heterocycles. The zero-order valence-corrected chi connectivity index (χ0v) is 8.24. The molecular weight excluding hydrogens is 197 g/mol. The zero-order chi connectivity index (χ0) is 10.3. The number of aliphatic hydroxyl groups is 1. The maximum Gasteiger partial charge on any atom is 0.488 e. The zero-order valence-electron chi connectivity index (χ0n) is 7.34. The van der Waals surface area contributed by atoms with Crippen LogP contribution in [0.5, 0.6) is 0 Å². The third kappa shape index (κ3) is 6.89. The second-order valence-corrected chi connectivity index (χ2v) is 3.81. The van der Waals surface area contributed by atoms with E-state index < -0.39 is 7.82 Å². The van der Waals surface area contributed by atoms with Gasteiger partial charge in [0.05, 0.1) is 13.2 Å². The van der Waals surface area contributed by atoms with Crippen molar-refractivity contribution in [2.24, 2.45) is 5.90 Å². The minimum Gasteiger partial charge on any atom is -0.392 e. The first kappa shape index (κ1) is 12.8. The summed E-state index contributed by atoms with van der Waals surface area (Å²) in [6.07, 6.45) is 2.11. The maximum atomic E-state index is 10.6. The summed E-state index contributed by atoms with van der Waals surface area (Å²) < 4.78 is 18.7. The molecule has 4 N–H and O–H groups in total.